The highest BCUT2D eigenvalue weighted by Crippen LogP contribution is 2.65. The second-order valence-corrected chi connectivity index (χ2v) is 32.4. The van der Waals surface area contributed by atoms with Crippen LogP contribution in [0.5, 0.6) is 0 Å². The third-order valence-electron chi connectivity index (χ3n) is 18.1. The van der Waals surface area contributed by atoms with Crippen LogP contribution in [-0.2, 0) is 12.8 Å². The molecule has 0 bridgehead atoms. The quantitative estimate of drug-likeness (QED) is 0.0839. The molecule has 11 aromatic carbocycles. The molecule has 84 heavy (non-hydrogen) atoms. The lowest BCUT2D eigenvalue weighted by Crippen LogP contribution is -2.36. The monoisotopic (exact) mass is 1160 g/mol. The summed E-state index contributed by atoms with van der Waals surface area (Å²) in [5.41, 5.74) is 7.65. The zero-order chi connectivity index (χ0) is 56.2. The van der Waals surface area contributed by atoms with Crippen LogP contribution >= 0.6 is 32.3 Å². The van der Waals surface area contributed by atoms with Crippen molar-refractivity contribution in [2.45, 2.75) is 69.9 Å². The molecule has 0 heterocycles. The Kier molecular flexibility index (Phi) is 16.8. The highest BCUT2D eigenvalue weighted by atomic mass is 31.2. The molecule has 0 saturated heterocycles. The molecule has 11 aromatic rings. The first-order valence-electron chi connectivity index (χ1n) is 30.4. The largest absolute Gasteiger partial charge is 0.237 e. The summed E-state index contributed by atoms with van der Waals surface area (Å²) in [7, 11) is -3.78. The molecule has 6 heteroatoms. The van der Waals surface area contributed by atoms with Gasteiger partial charge in [0, 0.05) is 44.4 Å². The lowest BCUT2D eigenvalue weighted by molar-refractivity contribution is 0.236. The van der Waals surface area contributed by atoms with Gasteiger partial charge in [-0.05, 0) is 150 Å². The minimum atomic E-state index is -0.954. The Morgan fingerprint density at radius 2 is 0.714 bits per heavy atom. The van der Waals surface area contributed by atoms with Gasteiger partial charge in [0.15, 0.2) is 0 Å². The van der Waals surface area contributed by atoms with Crippen LogP contribution in [0.3, 0.4) is 0 Å². The molecule has 414 valence electrons. The molecule has 0 spiro atoms. The average molecular weight is 1160 g/mol. The molecule has 14 rings (SSSR count). The van der Waals surface area contributed by atoms with Crippen molar-refractivity contribution in [3.8, 4) is 0 Å². The third kappa shape index (κ3) is 11.2. The number of fused-ring (bicyclic) bond motifs is 4. The summed E-state index contributed by atoms with van der Waals surface area (Å²) in [6.45, 7) is 2.53. The first-order chi connectivity index (χ1) is 41.6. The first kappa shape index (κ1) is 55.2. The van der Waals surface area contributed by atoms with Crippen molar-refractivity contribution in [2.24, 2.45) is 17.8 Å². The van der Waals surface area contributed by atoms with Crippen molar-refractivity contribution in [2.75, 3.05) is 0 Å². The summed E-state index contributed by atoms with van der Waals surface area (Å²) < 4.78 is 6.14. The van der Waals surface area contributed by atoms with E-state index in [9.17, 15) is 0 Å². The van der Waals surface area contributed by atoms with Gasteiger partial charge in [0.25, 0.3) is 0 Å². The van der Waals surface area contributed by atoms with Crippen LogP contribution in [0.4, 0.5) is 0 Å². The zero-order valence-electron chi connectivity index (χ0n) is 47.9. The molecule has 0 amide bonds. The number of nitrogens with zero attached hydrogens (tertiary/aromatic N) is 2. The predicted molar refractivity (Wildman–Crippen MR) is 365 cm³/mol. The Balaban J connectivity index is 0.798. The number of rotatable bonds is 17. The molecule has 3 aliphatic carbocycles. The maximum Gasteiger partial charge on any atom is 0.0474 e. The zero-order valence-corrected chi connectivity index (χ0v) is 51.5. The van der Waals surface area contributed by atoms with E-state index in [0.717, 1.165) is 12.8 Å². The van der Waals surface area contributed by atoms with E-state index in [-0.39, 0.29) is 12.1 Å². The van der Waals surface area contributed by atoms with Crippen LogP contribution in [0.15, 0.2) is 297 Å². The van der Waals surface area contributed by atoms with Crippen molar-refractivity contribution in [3.63, 3.8) is 0 Å². The lowest BCUT2D eigenvalue weighted by Gasteiger charge is -2.45. The molecule has 0 N–H and O–H groups in total. The van der Waals surface area contributed by atoms with E-state index in [1.165, 1.54) is 108 Å². The summed E-state index contributed by atoms with van der Waals surface area (Å²) >= 11 is 0. The molecule has 1 fully saturated rings. The summed E-state index contributed by atoms with van der Waals surface area (Å²) in [6, 6.07) is 115. The maximum absolute atomic E-state index is 3.09. The highest BCUT2D eigenvalue weighted by Gasteiger charge is 2.47. The van der Waals surface area contributed by atoms with Gasteiger partial charge in [0.05, 0.1) is 0 Å². The number of hydrogen-bond donors (Lipinski definition) is 0. The summed E-state index contributed by atoms with van der Waals surface area (Å²) in [4.78, 5) is 0. The molecule has 0 aromatic heterocycles. The molecule has 0 radical (unpaired) electrons. The standard InChI is InChI=1S/C78H72N2P4/c1-58-54-64-51-50-63-56-61(52-53-74(63)76(64)77(58)79(81(66-29-10-2-11-30-66)67-31-12-3-13-32-67)82(68-33-14-4-15-34-68)69-35-16-5-17-36-69)60-48-46-59(47-49-60)55-65-57-62-28-26-27-45-75(62)78(65)80(83(70-37-18-6-19-38-70)71-39-20-7-21-40-71)84(72-41-22-8-23-42-72)73-43-24-9-25-44-73/h2-45,50-53,56,58-60,65,77-78H,46-49,54-55,57H2,1H3. The predicted octanol–water partition coefficient (Wildman–Crippen LogP) is 17.4. The molecule has 4 atom stereocenters. The molecule has 2 nitrogen and oxygen atoms in total. The number of hydrogen-bond acceptors (Lipinski definition) is 2. The molecular weight excluding hydrogens is 1090 g/mol. The van der Waals surface area contributed by atoms with Crippen LogP contribution in [0.2, 0.25) is 0 Å². The second kappa shape index (κ2) is 25.5. The SMILES string of the molecule is CC1Cc2ccc3cc(C4CCC(CC5Cc6ccccc6C5N(P(c5ccccc5)c5ccccc5)P(c5ccccc5)c5ccccc5)CC4)ccc3c2C1N(P(c1ccccc1)c1ccccc1)P(c1ccccc1)c1ccccc1. The maximum atomic E-state index is 3.09. The summed E-state index contributed by atoms with van der Waals surface area (Å²) in [6.07, 6.45) is 8.45. The van der Waals surface area contributed by atoms with Crippen LogP contribution in [0.1, 0.15) is 84.8 Å². The van der Waals surface area contributed by atoms with E-state index in [1.807, 2.05) is 0 Å². The van der Waals surface area contributed by atoms with Gasteiger partial charge in [0.2, 0.25) is 0 Å². The Labute approximate surface area is 503 Å². The molecule has 0 aliphatic heterocycles. The number of benzene rings is 11. The van der Waals surface area contributed by atoms with E-state index in [0.29, 0.717) is 23.7 Å². The van der Waals surface area contributed by atoms with E-state index >= 15 is 0 Å². The lowest BCUT2D eigenvalue weighted by atomic mass is 9.74. The van der Waals surface area contributed by atoms with Gasteiger partial charge in [-0.1, -0.05) is 304 Å². The van der Waals surface area contributed by atoms with Crippen LogP contribution in [0.25, 0.3) is 10.8 Å². The van der Waals surface area contributed by atoms with Gasteiger partial charge in [-0.15, -0.1) is 0 Å². The molecule has 3 aliphatic rings. The Bertz CT molecular complexity index is 3580. The third-order valence-corrected chi connectivity index (χ3v) is 29.2. The van der Waals surface area contributed by atoms with Crippen molar-refractivity contribution in [1.82, 2.24) is 8.88 Å². The van der Waals surface area contributed by atoms with Gasteiger partial charge >= 0.3 is 0 Å². The van der Waals surface area contributed by atoms with Crippen LogP contribution < -0.4 is 42.4 Å². The summed E-state index contributed by atoms with van der Waals surface area (Å²) in [5, 5.41) is 14.1. The van der Waals surface area contributed by atoms with Crippen molar-refractivity contribution >= 4 is 85.5 Å². The van der Waals surface area contributed by atoms with Gasteiger partial charge in [0.1, 0.15) is 0 Å². The van der Waals surface area contributed by atoms with E-state index in [1.54, 1.807) is 5.56 Å². The van der Waals surface area contributed by atoms with Crippen LogP contribution in [0, 0.1) is 17.8 Å². The molecule has 1 saturated carbocycles. The Morgan fingerprint density at radius 3 is 1.12 bits per heavy atom. The highest BCUT2D eigenvalue weighted by molar-refractivity contribution is 7.85. The average Bonchev–Trinajstić information content (AvgIpc) is 2.76. The fourth-order valence-corrected chi connectivity index (χ4v) is 27.3. The smallest absolute Gasteiger partial charge is 0.0474 e. The fraction of sp³-hybridized carbons (Fsp3) is 0.179. The van der Waals surface area contributed by atoms with E-state index in [2.05, 4.69) is 313 Å². The fourth-order valence-electron chi connectivity index (χ4n) is 14.4. The van der Waals surface area contributed by atoms with E-state index in [4.69, 9.17) is 0 Å². The van der Waals surface area contributed by atoms with Gasteiger partial charge < -0.3 is 0 Å². The van der Waals surface area contributed by atoms with Gasteiger partial charge in [-0.3, -0.25) is 0 Å². The molecular formula is C78H72N2P4. The Morgan fingerprint density at radius 1 is 0.345 bits per heavy atom. The first-order valence-corrected chi connectivity index (χ1v) is 35.6. The minimum absolute atomic E-state index is 0.207. The summed E-state index contributed by atoms with van der Waals surface area (Å²) in [5.74, 6) is 2.14. The Hall–Kier alpha value is -6.68. The van der Waals surface area contributed by atoms with Crippen molar-refractivity contribution in [1.29, 1.82) is 0 Å². The van der Waals surface area contributed by atoms with Gasteiger partial charge in [-0.25, -0.2) is 8.88 Å². The van der Waals surface area contributed by atoms with E-state index < -0.39 is 32.3 Å². The van der Waals surface area contributed by atoms with Crippen molar-refractivity contribution < 1.29 is 0 Å². The normalized spacial score (nSPS) is 19.4. The van der Waals surface area contributed by atoms with Gasteiger partial charge in [-0.2, -0.15) is 0 Å². The minimum Gasteiger partial charge on any atom is -0.237 e. The van der Waals surface area contributed by atoms with Crippen LogP contribution in [-0.4, -0.2) is 8.88 Å². The van der Waals surface area contributed by atoms with Crippen molar-refractivity contribution in [3.05, 3.63) is 325 Å². The topological polar surface area (TPSA) is 6.48 Å². The second-order valence-electron chi connectivity index (χ2n) is 23.4. The molecule has 4 unspecified atom stereocenters.